The summed E-state index contributed by atoms with van der Waals surface area (Å²) >= 11 is 0. The lowest BCUT2D eigenvalue weighted by atomic mass is 9.91. The summed E-state index contributed by atoms with van der Waals surface area (Å²) in [6.45, 7) is 9.75. The highest BCUT2D eigenvalue weighted by Gasteiger charge is 2.26. The normalized spacial score (nSPS) is 18.5. The maximum absolute atomic E-state index is 12.2. The van der Waals surface area contributed by atoms with Gasteiger partial charge in [0.15, 0.2) is 0 Å². The molecule has 118 valence electrons. The Bertz CT molecular complexity index is 296. The molecular formula is C15H32N4O. The predicted molar refractivity (Wildman–Crippen MR) is 83.6 cm³/mol. The number of likely N-dealkylation sites (tertiary alicyclic amines) is 1. The maximum Gasteiger partial charge on any atom is 0.223 e. The van der Waals surface area contributed by atoms with Crippen LogP contribution in [0.3, 0.4) is 0 Å². The maximum atomic E-state index is 12.2. The van der Waals surface area contributed by atoms with Crippen LogP contribution in [0.15, 0.2) is 0 Å². The fourth-order valence-corrected chi connectivity index (χ4v) is 2.98. The number of piperidine rings is 1. The van der Waals surface area contributed by atoms with Gasteiger partial charge in [-0.3, -0.25) is 4.79 Å². The molecule has 20 heavy (non-hydrogen) atoms. The van der Waals surface area contributed by atoms with Crippen molar-refractivity contribution in [1.29, 1.82) is 0 Å². The van der Waals surface area contributed by atoms with Gasteiger partial charge in [-0.25, -0.2) is 0 Å². The molecule has 0 atom stereocenters. The van der Waals surface area contributed by atoms with Gasteiger partial charge < -0.3 is 20.9 Å². The lowest BCUT2D eigenvalue weighted by Crippen LogP contribution is -2.45. The van der Waals surface area contributed by atoms with Crippen LogP contribution in [0.5, 0.6) is 0 Å². The Balaban J connectivity index is 2.30. The van der Waals surface area contributed by atoms with Crippen LogP contribution in [0.2, 0.25) is 0 Å². The van der Waals surface area contributed by atoms with E-state index >= 15 is 0 Å². The number of hydrogen-bond donors (Lipinski definition) is 2. The molecule has 1 saturated heterocycles. The quantitative estimate of drug-likeness (QED) is 0.709. The average Bonchev–Trinajstić information content (AvgIpc) is 2.36. The summed E-state index contributed by atoms with van der Waals surface area (Å²) in [5.74, 6) is 0.406. The molecule has 0 spiro atoms. The Kier molecular flexibility index (Phi) is 6.92. The molecule has 5 nitrogen and oxygen atoms in total. The largest absolute Gasteiger partial charge is 0.355 e. The molecule has 0 unspecified atom stereocenters. The molecule has 0 bridgehead atoms. The van der Waals surface area contributed by atoms with E-state index in [-0.39, 0.29) is 17.2 Å². The number of nitrogens with one attached hydrogen (secondary N) is 1. The first-order valence-electron chi connectivity index (χ1n) is 7.69. The second-order valence-electron chi connectivity index (χ2n) is 7.02. The van der Waals surface area contributed by atoms with Gasteiger partial charge in [0.05, 0.1) is 0 Å². The summed E-state index contributed by atoms with van der Waals surface area (Å²) in [6, 6.07) is 0. The summed E-state index contributed by atoms with van der Waals surface area (Å²) < 4.78 is 0. The van der Waals surface area contributed by atoms with Crippen molar-refractivity contribution in [3.05, 3.63) is 0 Å². The zero-order valence-electron chi connectivity index (χ0n) is 13.6. The van der Waals surface area contributed by atoms with Gasteiger partial charge in [-0.05, 0) is 45.4 Å². The van der Waals surface area contributed by atoms with E-state index in [1.165, 1.54) is 0 Å². The Morgan fingerprint density at radius 2 is 1.95 bits per heavy atom. The Morgan fingerprint density at radius 1 is 1.35 bits per heavy atom. The summed E-state index contributed by atoms with van der Waals surface area (Å²) in [6.07, 6.45) is 1.92. The van der Waals surface area contributed by atoms with Crippen molar-refractivity contribution in [2.75, 3.05) is 53.4 Å². The Labute approximate surface area is 123 Å². The van der Waals surface area contributed by atoms with Crippen molar-refractivity contribution >= 4 is 5.91 Å². The van der Waals surface area contributed by atoms with Gasteiger partial charge in [0, 0.05) is 32.1 Å². The first kappa shape index (κ1) is 17.4. The van der Waals surface area contributed by atoms with Gasteiger partial charge in [-0.15, -0.1) is 0 Å². The van der Waals surface area contributed by atoms with Gasteiger partial charge >= 0.3 is 0 Å². The molecule has 1 aliphatic heterocycles. The van der Waals surface area contributed by atoms with E-state index in [0.29, 0.717) is 6.54 Å². The SMILES string of the molecule is CN(C)CC(C)(C)CNC(=O)C1CCN(CCN)CC1. The van der Waals surface area contributed by atoms with Gasteiger partial charge in [0.25, 0.3) is 0 Å². The van der Waals surface area contributed by atoms with Crippen LogP contribution in [-0.4, -0.2) is 69.1 Å². The van der Waals surface area contributed by atoms with E-state index in [9.17, 15) is 4.79 Å². The smallest absolute Gasteiger partial charge is 0.223 e. The fraction of sp³-hybridized carbons (Fsp3) is 0.933. The van der Waals surface area contributed by atoms with Gasteiger partial charge in [0.1, 0.15) is 0 Å². The number of carbonyl (C=O) groups is 1. The molecule has 1 aliphatic rings. The third-order valence-electron chi connectivity index (χ3n) is 3.89. The van der Waals surface area contributed by atoms with Gasteiger partial charge in [-0.2, -0.15) is 0 Å². The number of nitrogens with zero attached hydrogens (tertiary/aromatic N) is 2. The molecular weight excluding hydrogens is 252 g/mol. The highest BCUT2D eigenvalue weighted by molar-refractivity contribution is 5.78. The summed E-state index contributed by atoms with van der Waals surface area (Å²) in [5, 5.41) is 3.14. The van der Waals surface area contributed by atoms with Crippen molar-refractivity contribution in [2.45, 2.75) is 26.7 Å². The molecule has 0 aromatic carbocycles. The minimum absolute atomic E-state index is 0.111. The van der Waals surface area contributed by atoms with Gasteiger partial charge in [-0.1, -0.05) is 13.8 Å². The predicted octanol–water partition coefficient (Wildman–Crippen LogP) is 0.361. The molecule has 0 aromatic rings. The molecule has 1 fully saturated rings. The van der Waals surface area contributed by atoms with Crippen LogP contribution in [0.25, 0.3) is 0 Å². The second-order valence-corrected chi connectivity index (χ2v) is 7.02. The Hall–Kier alpha value is -0.650. The molecule has 1 amide bonds. The van der Waals surface area contributed by atoms with Crippen molar-refractivity contribution in [3.8, 4) is 0 Å². The van der Waals surface area contributed by atoms with Crippen LogP contribution >= 0.6 is 0 Å². The molecule has 5 heteroatoms. The van der Waals surface area contributed by atoms with E-state index in [2.05, 4.69) is 43.1 Å². The molecule has 0 aromatic heterocycles. The minimum Gasteiger partial charge on any atom is -0.355 e. The first-order chi connectivity index (χ1) is 9.34. The van der Waals surface area contributed by atoms with E-state index in [1.54, 1.807) is 0 Å². The zero-order valence-corrected chi connectivity index (χ0v) is 13.6. The van der Waals surface area contributed by atoms with E-state index in [4.69, 9.17) is 5.73 Å². The van der Waals surface area contributed by atoms with E-state index in [0.717, 1.165) is 45.6 Å². The van der Waals surface area contributed by atoms with Crippen molar-refractivity contribution in [3.63, 3.8) is 0 Å². The highest BCUT2D eigenvalue weighted by atomic mass is 16.1. The topological polar surface area (TPSA) is 61.6 Å². The lowest BCUT2D eigenvalue weighted by Gasteiger charge is -2.32. The summed E-state index contributed by atoms with van der Waals surface area (Å²) in [5.41, 5.74) is 5.67. The fourth-order valence-electron chi connectivity index (χ4n) is 2.98. The number of hydrogen-bond acceptors (Lipinski definition) is 4. The Morgan fingerprint density at radius 3 is 2.45 bits per heavy atom. The monoisotopic (exact) mass is 284 g/mol. The lowest BCUT2D eigenvalue weighted by molar-refractivity contribution is -0.126. The van der Waals surface area contributed by atoms with Crippen molar-refractivity contribution < 1.29 is 4.79 Å². The molecule has 0 aliphatic carbocycles. The molecule has 1 heterocycles. The van der Waals surface area contributed by atoms with E-state index in [1.807, 2.05) is 0 Å². The molecule has 1 rings (SSSR count). The summed E-state index contributed by atoms with van der Waals surface area (Å²) in [7, 11) is 4.13. The van der Waals surface area contributed by atoms with Crippen LogP contribution in [0, 0.1) is 11.3 Å². The second kappa shape index (κ2) is 7.96. The minimum atomic E-state index is 0.111. The van der Waals surface area contributed by atoms with Crippen LogP contribution in [-0.2, 0) is 4.79 Å². The number of amides is 1. The average molecular weight is 284 g/mol. The molecule has 3 N–H and O–H groups in total. The number of carbonyl (C=O) groups excluding carboxylic acids is 1. The highest BCUT2D eigenvalue weighted by Crippen LogP contribution is 2.18. The molecule has 0 radical (unpaired) electrons. The zero-order chi connectivity index (χ0) is 15.2. The van der Waals surface area contributed by atoms with Crippen LogP contribution in [0.4, 0.5) is 0 Å². The van der Waals surface area contributed by atoms with Gasteiger partial charge in [0.2, 0.25) is 5.91 Å². The number of rotatable bonds is 7. The van der Waals surface area contributed by atoms with Crippen LogP contribution in [0.1, 0.15) is 26.7 Å². The van der Waals surface area contributed by atoms with Crippen LogP contribution < -0.4 is 11.1 Å². The third kappa shape index (κ3) is 6.20. The third-order valence-corrected chi connectivity index (χ3v) is 3.89. The van der Waals surface area contributed by atoms with Crippen molar-refractivity contribution in [2.24, 2.45) is 17.1 Å². The standard InChI is InChI=1S/C15H32N4O/c1-15(2,12-18(3)4)11-17-14(20)13-5-8-19(9-6-13)10-7-16/h13H,5-12,16H2,1-4H3,(H,17,20). The number of nitrogens with two attached hydrogens (primary N) is 1. The summed E-state index contributed by atoms with van der Waals surface area (Å²) in [4.78, 5) is 16.7. The van der Waals surface area contributed by atoms with Crippen molar-refractivity contribution in [1.82, 2.24) is 15.1 Å². The molecule has 0 saturated carbocycles. The first-order valence-corrected chi connectivity index (χ1v) is 7.69. The van der Waals surface area contributed by atoms with E-state index < -0.39 is 0 Å².